The number of hydrogen-bond donors (Lipinski definition) is 1. The third-order valence-electron chi connectivity index (χ3n) is 5.32. The van der Waals surface area contributed by atoms with E-state index in [4.69, 9.17) is 4.98 Å². The van der Waals surface area contributed by atoms with Crippen LogP contribution in [0.5, 0.6) is 0 Å². The molecular weight excluding hydrogens is 358 g/mol. The Bertz CT molecular complexity index is 1080. The highest BCUT2D eigenvalue weighted by atomic mass is 32.1. The molecule has 6 heteroatoms. The zero-order chi connectivity index (χ0) is 19.0. The number of rotatable bonds is 3. The number of aromatic nitrogens is 2. The molecule has 0 atom stereocenters. The van der Waals surface area contributed by atoms with Gasteiger partial charge in [0.1, 0.15) is 10.7 Å². The molecule has 0 bridgehead atoms. The number of benzene rings is 1. The van der Waals surface area contributed by atoms with E-state index in [-0.39, 0.29) is 11.5 Å². The Labute approximate surface area is 162 Å². The summed E-state index contributed by atoms with van der Waals surface area (Å²) in [5.41, 5.74) is 2.99. The van der Waals surface area contributed by atoms with Crippen molar-refractivity contribution in [2.45, 2.75) is 52.6 Å². The van der Waals surface area contributed by atoms with Gasteiger partial charge in [-0.2, -0.15) is 0 Å². The number of aryl methyl sites for hydroxylation is 3. The summed E-state index contributed by atoms with van der Waals surface area (Å²) < 4.78 is 1.81. The summed E-state index contributed by atoms with van der Waals surface area (Å²) in [5.74, 6) is 0.719. The van der Waals surface area contributed by atoms with Gasteiger partial charge in [0.15, 0.2) is 0 Å². The summed E-state index contributed by atoms with van der Waals surface area (Å²) in [4.78, 5) is 31.8. The van der Waals surface area contributed by atoms with Crippen LogP contribution < -0.4 is 10.9 Å². The van der Waals surface area contributed by atoms with Crippen molar-refractivity contribution in [3.05, 3.63) is 62.0 Å². The fourth-order valence-electron chi connectivity index (χ4n) is 3.69. The van der Waals surface area contributed by atoms with Crippen molar-refractivity contribution in [1.29, 1.82) is 0 Å². The van der Waals surface area contributed by atoms with Gasteiger partial charge in [-0.3, -0.25) is 14.2 Å². The van der Waals surface area contributed by atoms with Crippen LogP contribution in [0.25, 0.3) is 10.2 Å². The van der Waals surface area contributed by atoms with Gasteiger partial charge in [-0.15, -0.1) is 11.3 Å². The van der Waals surface area contributed by atoms with E-state index in [1.807, 2.05) is 42.7 Å². The highest BCUT2D eigenvalue weighted by Crippen LogP contribution is 2.28. The lowest BCUT2D eigenvalue weighted by molar-refractivity contribution is 0.0954. The third-order valence-corrected chi connectivity index (χ3v) is 6.50. The normalized spacial score (nSPS) is 14.0. The molecule has 140 valence electrons. The summed E-state index contributed by atoms with van der Waals surface area (Å²) >= 11 is 1.33. The lowest BCUT2D eigenvalue weighted by Gasteiger charge is -2.08. The largest absolute Gasteiger partial charge is 0.347 e. The minimum absolute atomic E-state index is 0.00334. The second-order valence-corrected chi connectivity index (χ2v) is 8.14. The lowest BCUT2D eigenvalue weighted by Crippen LogP contribution is -2.25. The first-order chi connectivity index (χ1) is 13.1. The fourth-order valence-corrected chi connectivity index (χ4v) is 4.80. The average Bonchev–Trinajstić information content (AvgIpc) is 2.83. The molecule has 0 unspecified atom stereocenters. The number of hydrogen-bond acceptors (Lipinski definition) is 4. The Morgan fingerprint density at radius 1 is 1.22 bits per heavy atom. The van der Waals surface area contributed by atoms with Gasteiger partial charge < -0.3 is 5.32 Å². The summed E-state index contributed by atoms with van der Waals surface area (Å²) in [6.45, 7) is 5.08. The monoisotopic (exact) mass is 381 g/mol. The molecule has 0 aliphatic carbocycles. The van der Waals surface area contributed by atoms with Crippen LogP contribution in [0.15, 0.2) is 29.1 Å². The van der Waals surface area contributed by atoms with E-state index < -0.39 is 0 Å². The Morgan fingerprint density at radius 3 is 2.85 bits per heavy atom. The van der Waals surface area contributed by atoms with Gasteiger partial charge in [-0.05, 0) is 43.4 Å². The zero-order valence-electron chi connectivity index (χ0n) is 15.7. The lowest BCUT2D eigenvalue weighted by atomic mass is 10.1. The quantitative estimate of drug-likeness (QED) is 0.752. The van der Waals surface area contributed by atoms with Crippen molar-refractivity contribution in [2.75, 3.05) is 0 Å². The van der Waals surface area contributed by atoms with Gasteiger partial charge in [0.05, 0.1) is 10.3 Å². The van der Waals surface area contributed by atoms with E-state index in [0.717, 1.165) is 54.7 Å². The smallest absolute Gasteiger partial charge is 0.262 e. The minimum Gasteiger partial charge on any atom is -0.347 e. The molecule has 0 fully saturated rings. The topological polar surface area (TPSA) is 64.0 Å². The van der Waals surface area contributed by atoms with E-state index in [9.17, 15) is 9.59 Å². The molecule has 1 N–H and O–H groups in total. The van der Waals surface area contributed by atoms with Crippen LogP contribution in [0.4, 0.5) is 0 Å². The number of fused-ring (bicyclic) bond motifs is 2. The Morgan fingerprint density at radius 2 is 2.04 bits per heavy atom. The zero-order valence-corrected chi connectivity index (χ0v) is 16.5. The maximum absolute atomic E-state index is 13.0. The molecule has 27 heavy (non-hydrogen) atoms. The molecule has 0 saturated heterocycles. The van der Waals surface area contributed by atoms with Crippen molar-refractivity contribution in [1.82, 2.24) is 14.9 Å². The van der Waals surface area contributed by atoms with Crippen LogP contribution in [0.3, 0.4) is 0 Å². The van der Waals surface area contributed by atoms with E-state index >= 15 is 0 Å². The van der Waals surface area contributed by atoms with Gasteiger partial charge in [0.25, 0.3) is 11.5 Å². The molecule has 4 rings (SSSR count). The van der Waals surface area contributed by atoms with E-state index in [0.29, 0.717) is 21.6 Å². The van der Waals surface area contributed by atoms with E-state index in [1.165, 1.54) is 11.3 Å². The van der Waals surface area contributed by atoms with Crippen molar-refractivity contribution < 1.29 is 4.79 Å². The van der Waals surface area contributed by atoms with Crippen LogP contribution in [0.1, 0.15) is 51.4 Å². The maximum atomic E-state index is 13.0. The SMILES string of the molecule is Cc1ccccc1CNC(=O)c1sc2nc3n(c(=O)c2c1C)CCCCC3. The highest BCUT2D eigenvalue weighted by molar-refractivity contribution is 7.20. The van der Waals surface area contributed by atoms with Gasteiger partial charge in [-0.1, -0.05) is 30.7 Å². The van der Waals surface area contributed by atoms with Gasteiger partial charge >= 0.3 is 0 Å². The second kappa shape index (κ2) is 7.27. The van der Waals surface area contributed by atoms with Gasteiger partial charge in [-0.25, -0.2) is 4.98 Å². The number of carbonyl (C=O) groups excluding carboxylic acids is 1. The number of amides is 1. The van der Waals surface area contributed by atoms with Crippen molar-refractivity contribution >= 4 is 27.5 Å². The fraction of sp³-hybridized carbons (Fsp3) is 0.381. The van der Waals surface area contributed by atoms with Crippen LogP contribution >= 0.6 is 11.3 Å². The number of nitrogens with one attached hydrogen (secondary N) is 1. The highest BCUT2D eigenvalue weighted by Gasteiger charge is 2.22. The number of carbonyl (C=O) groups is 1. The number of nitrogens with zero attached hydrogens (tertiary/aromatic N) is 2. The minimum atomic E-state index is -0.140. The molecule has 3 aromatic rings. The summed E-state index contributed by atoms with van der Waals surface area (Å²) in [6.07, 6.45) is 4.03. The first-order valence-corrected chi connectivity index (χ1v) is 10.2. The van der Waals surface area contributed by atoms with E-state index in [1.54, 1.807) is 0 Å². The van der Waals surface area contributed by atoms with Gasteiger partial charge in [0, 0.05) is 19.5 Å². The summed E-state index contributed by atoms with van der Waals surface area (Å²) in [6, 6.07) is 8.00. The standard InChI is InChI=1S/C21H23N3O2S/c1-13-8-5-6-9-15(13)12-22-19(25)18-14(2)17-20(27-18)23-16-10-4-3-7-11-24(16)21(17)26/h5-6,8-9H,3-4,7,10-12H2,1-2H3,(H,22,25). The maximum Gasteiger partial charge on any atom is 0.262 e. The molecule has 1 aliphatic rings. The molecule has 1 amide bonds. The predicted molar refractivity (Wildman–Crippen MR) is 109 cm³/mol. The first-order valence-electron chi connectivity index (χ1n) is 9.42. The van der Waals surface area contributed by atoms with Crippen LogP contribution in [-0.4, -0.2) is 15.5 Å². The van der Waals surface area contributed by atoms with Crippen LogP contribution in [0.2, 0.25) is 0 Å². The molecular formula is C21H23N3O2S. The molecule has 1 aliphatic heterocycles. The summed E-state index contributed by atoms with van der Waals surface area (Å²) in [5, 5.41) is 3.60. The molecule has 5 nitrogen and oxygen atoms in total. The Hall–Kier alpha value is -2.47. The Kier molecular flexibility index (Phi) is 4.83. The second-order valence-electron chi connectivity index (χ2n) is 7.14. The molecule has 0 radical (unpaired) electrons. The first kappa shape index (κ1) is 17.9. The Balaban J connectivity index is 1.67. The number of thiophene rings is 1. The molecule has 1 aromatic carbocycles. The molecule has 0 spiro atoms. The van der Waals surface area contributed by atoms with Crippen molar-refractivity contribution in [2.24, 2.45) is 0 Å². The van der Waals surface area contributed by atoms with Crippen LogP contribution in [0, 0.1) is 13.8 Å². The molecule has 3 heterocycles. The van der Waals surface area contributed by atoms with Crippen molar-refractivity contribution in [3.8, 4) is 0 Å². The van der Waals surface area contributed by atoms with E-state index in [2.05, 4.69) is 5.32 Å². The average molecular weight is 382 g/mol. The molecule has 2 aromatic heterocycles. The third kappa shape index (κ3) is 3.30. The van der Waals surface area contributed by atoms with Crippen LogP contribution in [-0.2, 0) is 19.5 Å². The van der Waals surface area contributed by atoms with Crippen molar-refractivity contribution in [3.63, 3.8) is 0 Å². The predicted octanol–water partition coefficient (Wildman–Crippen LogP) is 3.73. The summed E-state index contributed by atoms with van der Waals surface area (Å²) in [7, 11) is 0. The molecule has 0 saturated carbocycles. The van der Waals surface area contributed by atoms with Gasteiger partial charge in [0.2, 0.25) is 0 Å².